The fourth-order valence-corrected chi connectivity index (χ4v) is 6.37. The average Bonchev–Trinajstić information content (AvgIpc) is 2.78. The zero-order chi connectivity index (χ0) is 23.4. The van der Waals surface area contributed by atoms with E-state index in [4.69, 9.17) is 5.10 Å². The average molecular weight is 453 g/mol. The maximum atomic E-state index is 11.4. The van der Waals surface area contributed by atoms with Gasteiger partial charge in [0, 0.05) is 29.4 Å². The van der Waals surface area contributed by atoms with Gasteiger partial charge in [0.15, 0.2) is 0 Å². The molecule has 0 radical (unpaired) electrons. The predicted octanol–water partition coefficient (Wildman–Crippen LogP) is 6.84. The molecule has 0 saturated carbocycles. The molecule has 3 rings (SSSR count). The van der Waals surface area contributed by atoms with Gasteiger partial charge < -0.3 is 5.11 Å². The Morgan fingerprint density at radius 2 is 1.62 bits per heavy atom. The van der Waals surface area contributed by atoms with E-state index in [0.29, 0.717) is 14.3 Å². The lowest BCUT2D eigenvalue weighted by atomic mass is 9.81. The van der Waals surface area contributed by atoms with Crippen molar-refractivity contribution in [3.63, 3.8) is 0 Å². The van der Waals surface area contributed by atoms with Crippen LogP contribution in [0, 0.1) is 6.92 Å². The van der Waals surface area contributed by atoms with Crippen LogP contribution in [-0.2, 0) is 10.6 Å². The van der Waals surface area contributed by atoms with Crippen molar-refractivity contribution in [3.8, 4) is 5.75 Å². The lowest BCUT2D eigenvalue weighted by Crippen LogP contribution is -2.26. The van der Waals surface area contributed by atoms with E-state index >= 15 is 0 Å². The minimum atomic E-state index is -0.0970. The minimum absolute atomic E-state index is 0.0921. The summed E-state index contributed by atoms with van der Waals surface area (Å²) in [6, 6.07) is 13.0. The van der Waals surface area contributed by atoms with Gasteiger partial charge in [0.05, 0.1) is 6.21 Å². The molecule has 1 aliphatic rings. The summed E-state index contributed by atoms with van der Waals surface area (Å²) in [5, 5.41) is 19.7. The number of aromatic hydroxyl groups is 1. The second kappa shape index (κ2) is 10.4. The van der Waals surface area contributed by atoms with Gasteiger partial charge >= 0.3 is 0 Å². The van der Waals surface area contributed by atoms with Crippen LogP contribution in [0.2, 0.25) is 0 Å². The molecule has 0 amide bonds. The van der Waals surface area contributed by atoms with Crippen LogP contribution < -0.4 is 5.30 Å². The van der Waals surface area contributed by atoms with Crippen molar-refractivity contribution in [3.05, 3.63) is 58.7 Å². The smallest absolute Gasteiger partial charge is 0.123 e. The van der Waals surface area contributed by atoms with Crippen molar-refractivity contribution in [2.24, 2.45) is 5.10 Å². The Morgan fingerprint density at radius 3 is 2.25 bits per heavy atom. The molecular weight excluding hydrogens is 411 g/mol. The first kappa shape index (κ1) is 24.8. The fraction of sp³-hybridized carbons (Fsp3) is 0.536. The Balaban J connectivity index is 2.01. The Kier molecular flexibility index (Phi) is 8.04. The van der Waals surface area contributed by atoms with Gasteiger partial charge in [0.2, 0.25) is 0 Å². The molecule has 0 spiro atoms. The van der Waals surface area contributed by atoms with Crippen LogP contribution in [0.5, 0.6) is 5.75 Å². The van der Waals surface area contributed by atoms with E-state index in [2.05, 4.69) is 89.2 Å². The summed E-state index contributed by atoms with van der Waals surface area (Å²) in [6.07, 6.45) is 7.81. The van der Waals surface area contributed by atoms with E-state index in [-0.39, 0.29) is 10.6 Å². The van der Waals surface area contributed by atoms with E-state index in [9.17, 15) is 5.11 Å². The number of hydrazone groups is 1. The first-order valence-electron chi connectivity index (χ1n) is 12.2. The molecule has 32 heavy (non-hydrogen) atoms. The largest absolute Gasteiger partial charge is 0.507 e. The summed E-state index contributed by atoms with van der Waals surface area (Å²) in [6.45, 7) is 15.3. The van der Waals surface area contributed by atoms with Crippen molar-refractivity contribution in [1.82, 2.24) is 5.01 Å². The Bertz CT molecular complexity index is 935. The molecule has 3 nitrogen and oxygen atoms in total. The Hall–Kier alpha value is -1.86. The summed E-state index contributed by atoms with van der Waals surface area (Å²) in [7, 11) is 0.564. The maximum Gasteiger partial charge on any atom is 0.123 e. The number of hydrogen-bond acceptors (Lipinski definition) is 3. The third-order valence-electron chi connectivity index (χ3n) is 6.81. The number of piperidine rings is 1. The van der Waals surface area contributed by atoms with E-state index in [0.717, 1.165) is 37.1 Å². The summed E-state index contributed by atoms with van der Waals surface area (Å²) in [5.41, 5.74) is 4.47. The van der Waals surface area contributed by atoms with Gasteiger partial charge in [-0.25, -0.2) is 0 Å². The molecule has 174 valence electrons. The highest BCUT2D eigenvalue weighted by Crippen LogP contribution is 2.52. The van der Waals surface area contributed by atoms with Crippen LogP contribution in [0.1, 0.15) is 89.0 Å². The number of phenols is 1. The van der Waals surface area contributed by atoms with Crippen molar-refractivity contribution < 1.29 is 5.11 Å². The van der Waals surface area contributed by atoms with Gasteiger partial charge in [-0.1, -0.05) is 85.2 Å². The standard InChI is InChI=1S/C28H41N2OP/c1-7-28(8-2,24-19-21(3)18-23(26(24)31)27(4,5)6)32-25-15-11-10-14-22(25)20-29-30-16-12-9-13-17-30/h10-11,14-15,18-20,31-32H,7-9,12-13,16-17H2,1-6H3/b29-20+. The van der Waals surface area contributed by atoms with Gasteiger partial charge in [-0.3, -0.25) is 5.01 Å². The van der Waals surface area contributed by atoms with E-state index in [1.54, 1.807) is 0 Å². The van der Waals surface area contributed by atoms with E-state index in [1.807, 2.05) is 0 Å². The van der Waals surface area contributed by atoms with Crippen molar-refractivity contribution in [2.45, 2.75) is 84.2 Å². The molecule has 1 atom stereocenters. The van der Waals surface area contributed by atoms with Crippen molar-refractivity contribution >= 4 is 20.1 Å². The highest BCUT2D eigenvalue weighted by Gasteiger charge is 2.34. The molecule has 1 fully saturated rings. The monoisotopic (exact) mass is 452 g/mol. The molecule has 2 aromatic carbocycles. The molecule has 1 aliphatic heterocycles. The number of hydrogen-bond donors (Lipinski definition) is 1. The van der Waals surface area contributed by atoms with E-state index in [1.165, 1.54) is 35.7 Å². The Morgan fingerprint density at radius 1 is 1.00 bits per heavy atom. The summed E-state index contributed by atoms with van der Waals surface area (Å²) in [5.74, 6) is 0.485. The number of phenolic OH excluding ortho intramolecular Hbond substituents is 1. The summed E-state index contributed by atoms with van der Waals surface area (Å²) < 4.78 is 0. The quantitative estimate of drug-likeness (QED) is 0.369. The summed E-state index contributed by atoms with van der Waals surface area (Å²) in [4.78, 5) is 0. The highest BCUT2D eigenvalue weighted by atomic mass is 31.1. The second-order valence-corrected chi connectivity index (χ2v) is 12.0. The third-order valence-corrected chi connectivity index (χ3v) is 8.99. The summed E-state index contributed by atoms with van der Waals surface area (Å²) >= 11 is 0. The molecular formula is C28H41N2OP. The van der Waals surface area contributed by atoms with E-state index < -0.39 is 0 Å². The SMILES string of the molecule is CCC(CC)(Pc1ccccc1/C=N/N1CCCCC1)c1cc(C)cc(C(C)(C)C)c1O. The molecule has 1 saturated heterocycles. The topological polar surface area (TPSA) is 35.8 Å². The van der Waals surface area contributed by atoms with Gasteiger partial charge in [-0.05, 0) is 55.3 Å². The van der Waals surface area contributed by atoms with Crippen LogP contribution in [-0.4, -0.2) is 29.4 Å². The Labute approximate surface area is 197 Å². The minimum Gasteiger partial charge on any atom is -0.507 e. The zero-order valence-corrected chi connectivity index (χ0v) is 21.8. The highest BCUT2D eigenvalue weighted by molar-refractivity contribution is 7.48. The fourth-order valence-electron chi connectivity index (χ4n) is 4.71. The van der Waals surface area contributed by atoms with Crippen molar-refractivity contribution in [1.29, 1.82) is 0 Å². The maximum absolute atomic E-state index is 11.4. The van der Waals surface area contributed by atoms with Crippen LogP contribution in [0.25, 0.3) is 0 Å². The van der Waals surface area contributed by atoms with Crippen LogP contribution in [0.4, 0.5) is 0 Å². The normalized spacial score (nSPS) is 15.9. The van der Waals surface area contributed by atoms with Gasteiger partial charge in [-0.2, -0.15) is 5.10 Å². The van der Waals surface area contributed by atoms with Crippen molar-refractivity contribution in [2.75, 3.05) is 13.1 Å². The number of nitrogens with zero attached hydrogens (tertiary/aromatic N) is 2. The molecule has 0 bridgehead atoms. The number of rotatable bonds is 7. The van der Waals surface area contributed by atoms with Gasteiger partial charge in [-0.15, -0.1) is 0 Å². The first-order chi connectivity index (χ1) is 15.2. The molecule has 4 heteroatoms. The van der Waals surface area contributed by atoms with Crippen LogP contribution in [0.15, 0.2) is 41.5 Å². The molecule has 2 aromatic rings. The number of aryl methyl sites for hydroxylation is 1. The zero-order valence-electron chi connectivity index (χ0n) is 20.8. The number of benzene rings is 2. The van der Waals surface area contributed by atoms with Crippen LogP contribution >= 0.6 is 8.58 Å². The molecule has 0 aromatic heterocycles. The first-order valence-corrected chi connectivity index (χ1v) is 13.2. The predicted molar refractivity (Wildman–Crippen MR) is 141 cm³/mol. The lowest BCUT2D eigenvalue weighted by molar-refractivity contribution is 0.240. The molecule has 1 N–H and O–H groups in total. The molecule has 1 heterocycles. The van der Waals surface area contributed by atoms with Crippen LogP contribution in [0.3, 0.4) is 0 Å². The lowest BCUT2D eigenvalue weighted by Gasteiger charge is -2.36. The van der Waals surface area contributed by atoms with Gasteiger partial charge in [0.1, 0.15) is 5.75 Å². The molecule has 0 aliphatic carbocycles. The van der Waals surface area contributed by atoms with Gasteiger partial charge in [0.25, 0.3) is 0 Å². The third kappa shape index (κ3) is 5.54. The second-order valence-electron chi connectivity index (χ2n) is 10.2. The molecule has 1 unspecified atom stereocenters.